The summed E-state index contributed by atoms with van der Waals surface area (Å²) in [6.07, 6.45) is 0.996. The van der Waals surface area contributed by atoms with Crippen LogP contribution in [-0.2, 0) is 11.2 Å². The molecule has 0 aliphatic heterocycles. The van der Waals surface area contributed by atoms with E-state index in [4.69, 9.17) is 9.47 Å². The summed E-state index contributed by atoms with van der Waals surface area (Å²) >= 11 is 0. The molecular formula is C19H22N2O3. The van der Waals surface area contributed by atoms with E-state index in [2.05, 4.69) is 29.6 Å². The molecule has 5 heteroatoms. The van der Waals surface area contributed by atoms with Crippen molar-refractivity contribution >= 4 is 11.6 Å². The molecule has 0 atom stereocenters. The normalized spacial score (nSPS) is 11.0. The summed E-state index contributed by atoms with van der Waals surface area (Å²) in [4.78, 5) is 11.8. The Labute approximate surface area is 142 Å². The minimum Gasteiger partial charge on any atom is -0.497 e. The molecule has 0 fully saturated rings. The standard InChI is InChI=1S/C19H22N2O3/c1-4-15-5-7-16(8-6-15)14(2)20-21-19(22)13-24-18-11-9-17(23-3)10-12-18/h5-12H,4,13H2,1-3H3,(H,21,22)/b20-14-. The first-order valence-electron chi connectivity index (χ1n) is 7.81. The van der Waals surface area contributed by atoms with Gasteiger partial charge in [0, 0.05) is 0 Å². The summed E-state index contributed by atoms with van der Waals surface area (Å²) in [5, 5.41) is 4.11. The Hall–Kier alpha value is -2.82. The predicted molar refractivity (Wildman–Crippen MR) is 94.7 cm³/mol. The summed E-state index contributed by atoms with van der Waals surface area (Å²) in [5.41, 5.74) is 5.49. The van der Waals surface area contributed by atoms with E-state index in [9.17, 15) is 4.79 Å². The highest BCUT2D eigenvalue weighted by molar-refractivity contribution is 5.99. The maximum absolute atomic E-state index is 11.8. The van der Waals surface area contributed by atoms with Crippen LogP contribution in [0.4, 0.5) is 0 Å². The number of nitrogens with one attached hydrogen (secondary N) is 1. The highest BCUT2D eigenvalue weighted by Crippen LogP contribution is 2.16. The Balaban J connectivity index is 1.84. The lowest BCUT2D eigenvalue weighted by molar-refractivity contribution is -0.123. The van der Waals surface area contributed by atoms with Crippen molar-refractivity contribution in [2.24, 2.45) is 5.10 Å². The van der Waals surface area contributed by atoms with Crippen molar-refractivity contribution in [3.63, 3.8) is 0 Å². The lowest BCUT2D eigenvalue weighted by Gasteiger charge is -2.07. The second-order valence-corrected chi connectivity index (χ2v) is 5.25. The van der Waals surface area contributed by atoms with Crippen molar-refractivity contribution in [2.75, 3.05) is 13.7 Å². The molecule has 126 valence electrons. The lowest BCUT2D eigenvalue weighted by Crippen LogP contribution is -2.25. The van der Waals surface area contributed by atoms with Crippen LogP contribution in [-0.4, -0.2) is 25.3 Å². The van der Waals surface area contributed by atoms with Gasteiger partial charge in [0.05, 0.1) is 12.8 Å². The van der Waals surface area contributed by atoms with Gasteiger partial charge in [-0.1, -0.05) is 31.2 Å². The molecule has 0 heterocycles. The van der Waals surface area contributed by atoms with Gasteiger partial charge in [0.2, 0.25) is 0 Å². The number of carbonyl (C=O) groups excluding carboxylic acids is 1. The molecule has 0 radical (unpaired) electrons. The first-order valence-corrected chi connectivity index (χ1v) is 7.81. The number of ether oxygens (including phenoxy) is 2. The minimum absolute atomic E-state index is 0.0993. The van der Waals surface area contributed by atoms with Gasteiger partial charge in [0.1, 0.15) is 11.5 Å². The third-order valence-electron chi connectivity index (χ3n) is 3.56. The van der Waals surface area contributed by atoms with Crippen molar-refractivity contribution in [2.45, 2.75) is 20.3 Å². The van der Waals surface area contributed by atoms with Crippen molar-refractivity contribution in [1.82, 2.24) is 5.43 Å². The number of rotatable bonds is 7. The quantitative estimate of drug-likeness (QED) is 0.628. The van der Waals surface area contributed by atoms with Crippen LogP contribution in [0.25, 0.3) is 0 Å². The van der Waals surface area contributed by atoms with Crippen LogP contribution in [0.1, 0.15) is 25.0 Å². The van der Waals surface area contributed by atoms with Gasteiger partial charge in [-0.2, -0.15) is 5.10 Å². The lowest BCUT2D eigenvalue weighted by atomic mass is 10.1. The minimum atomic E-state index is -0.310. The Bertz CT molecular complexity index is 692. The van der Waals surface area contributed by atoms with Crippen LogP contribution in [0, 0.1) is 0 Å². The fraction of sp³-hybridized carbons (Fsp3) is 0.263. The van der Waals surface area contributed by atoms with Crippen LogP contribution in [0.15, 0.2) is 53.6 Å². The molecule has 0 saturated heterocycles. The van der Waals surface area contributed by atoms with E-state index in [1.54, 1.807) is 31.4 Å². The van der Waals surface area contributed by atoms with Gasteiger partial charge in [0.15, 0.2) is 6.61 Å². The molecule has 0 aromatic heterocycles. The van der Waals surface area contributed by atoms with E-state index in [0.717, 1.165) is 23.4 Å². The molecule has 0 aliphatic rings. The number of methoxy groups -OCH3 is 1. The van der Waals surface area contributed by atoms with Gasteiger partial charge in [-0.25, -0.2) is 5.43 Å². The van der Waals surface area contributed by atoms with Crippen LogP contribution in [0.5, 0.6) is 11.5 Å². The van der Waals surface area contributed by atoms with Crippen LogP contribution in [0.3, 0.4) is 0 Å². The van der Waals surface area contributed by atoms with E-state index in [-0.39, 0.29) is 12.5 Å². The highest BCUT2D eigenvalue weighted by Gasteiger charge is 2.03. The molecular weight excluding hydrogens is 304 g/mol. The molecule has 1 amide bonds. The first kappa shape index (κ1) is 17.5. The van der Waals surface area contributed by atoms with E-state index in [0.29, 0.717) is 5.75 Å². The Kier molecular flexibility index (Phi) is 6.37. The number of nitrogens with zero attached hydrogens (tertiary/aromatic N) is 1. The van der Waals surface area contributed by atoms with Gasteiger partial charge in [0.25, 0.3) is 5.91 Å². The Morgan fingerprint density at radius 1 is 1.04 bits per heavy atom. The van der Waals surface area contributed by atoms with E-state index in [1.807, 2.05) is 19.1 Å². The summed E-state index contributed by atoms with van der Waals surface area (Å²) in [6, 6.07) is 15.2. The SMILES string of the molecule is CCc1ccc(/C(C)=N\NC(=O)COc2ccc(OC)cc2)cc1. The molecule has 24 heavy (non-hydrogen) atoms. The number of hydrogen-bond donors (Lipinski definition) is 1. The Morgan fingerprint density at radius 3 is 2.25 bits per heavy atom. The fourth-order valence-corrected chi connectivity index (χ4v) is 2.05. The van der Waals surface area contributed by atoms with Gasteiger partial charge in [-0.3, -0.25) is 4.79 Å². The topological polar surface area (TPSA) is 59.9 Å². The maximum Gasteiger partial charge on any atom is 0.277 e. The van der Waals surface area contributed by atoms with Gasteiger partial charge in [-0.05, 0) is 48.7 Å². The second-order valence-electron chi connectivity index (χ2n) is 5.25. The third kappa shape index (κ3) is 5.12. The smallest absolute Gasteiger partial charge is 0.277 e. The molecule has 1 N–H and O–H groups in total. The average Bonchev–Trinajstić information content (AvgIpc) is 2.64. The number of benzene rings is 2. The fourth-order valence-electron chi connectivity index (χ4n) is 2.05. The number of carbonyl (C=O) groups is 1. The van der Waals surface area contributed by atoms with Crippen LogP contribution in [0.2, 0.25) is 0 Å². The summed E-state index contributed by atoms with van der Waals surface area (Å²) in [7, 11) is 1.60. The summed E-state index contributed by atoms with van der Waals surface area (Å²) in [5.74, 6) is 1.03. The van der Waals surface area contributed by atoms with Gasteiger partial charge in [-0.15, -0.1) is 0 Å². The van der Waals surface area contributed by atoms with Gasteiger partial charge >= 0.3 is 0 Å². The molecule has 2 aromatic carbocycles. The first-order chi connectivity index (χ1) is 11.6. The molecule has 0 aliphatic carbocycles. The predicted octanol–water partition coefficient (Wildman–Crippen LogP) is 3.18. The number of hydrogen-bond acceptors (Lipinski definition) is 4. The zero-order valence-electron chi connectivity index (χ0n) is 14.2. The zero-order chi connectivity index (χ0) is 17.4. The van der Waals surface area contributed by atoms with Crippen molar-refractivity contribution in [3.05, 3.63) is 59.7 Å². The van der Waals surface area contributed by atoms with Crippen molar-refractivity contribution in [3.8, 4) is 11.5 Å². The van der Waals surface area contributed by atoms with Crippen LogP contribution < -0.4 is 14.9 Å². The second kappa shape index (κ2) is 8.72. The molecule has 0 spiro atoms. The van der Waals surface area contributed by atoms with E-state index in [1.165, 1.54) is 5.56 Å². The monoisotopic (exact) mass is 326 g/mol. The van der Waals surface area contributed by atoms with Gasteiger partial charge < -0.3 is 9.47 Å². The largest absolute Gasteiger partial charge is 0.497 e. The third-order valence-corrected chi connectivity index (χ3v) is 3.56. The van der Waals surface area contributed by atoms with Crippen molar-refractivity contribution in [1.29, 1.82) is 0 Å². The summed E-state index contributed by atoms with van der Waals surface area (Å²) in [6.45, 7) is 3.86. The average molecular weight is 326 g/mol. The highest BCUT2D eigenvalue weighted by atomic mass is 16.5. The maximum atomic E-state index is 11.8. The molecule has 0 unspecified atom stereocenters. The van der Waals surface area contributed by atoms with Crippen LogP contribution >= 0.6 is 0 Å². The number of hydrazone groups is 1. The zero-order valence-corrected chi connectivity index (χ0v) is 14.2. The van der Waals surface area contributed by atoms with E-state index < -0.39 is 0 Å². The van der Waals surface area contributed by atoms with E-state index >= 15 is 0 Å². The number of aryl methyl sites for hydroxylation is 1. The molecule has 0 saturated carbocycles. The molecule has 2 rings (SSSR count). The summed E-state index contributed by atoms with van der Waals surface area (Å²) < 4.78 is 10.5. The molecule has 5 nitrogen and oxygen atoms in total. The molecule has 2 aromatic rings. The molecule has 0 bridgehead atoms. The number of amides is 1. The van der Waals surface area contributed by atoms with Crippen molar-refractivity contribution < 1.29 is 14.3 Å². The Morgan fingerprint density at radius 2 is 1.67 bits per heavy atom.